The van der Waals surface area contributed by atoms with E-state index in [9.17, 15) is 14.3 Å². The Morgan fingerprint density at radius 3 is 2.48 bits per heavy atom. The van der Waals surface area contributed by atoms with E-state index in [2.05, 4.69) is 15.3 Å². The molecule has 220 valence electrons. The number of benzene rings is 2. The number of rotatable bonds is 18. The van der Waals surface area contributed by atoms with Gasteiger partial charge in [-0.2, -0.15) is 0 Å². The van der Waals surface area contributed by atoms with Gasteiger partial charge in [0.2, 0.25) is 5.91 Å². The van der Waals surface area contributed by atoms with Crippen LogP contribution in [0.5, 0.6) is 5.75 Å². The van der Waals surface area contributed by atoms with Crippen molar-refractivity contribution in [3.8, 4) is 16.9 Å². The van der Waals surface area contributed by atoms with Crippen LogP contribution >= 0.6 is 0 Å². The number of carbonyl (C=O) groups excluding carboxylic acids is 1. The van der Waals surface area contributed by atoms with Crippen molar-refractivity contribution in [2.45, 2.75) is 59.3 Å². The number of hydrogen-bond acceptors (Lipinski definition) is 6. The third-order valence-corrected chi connectivity index (χ3v) is 6.47. The zero-order valence-corrected chi connectivity index (χ0v) is 24.2. The molecule has 1 amide bonds. The van der Waals surface area contributed by atoms with Crippen molar-refractivity contribution in [3.63, 3.8) is 0 Å². The van der Waals surface area contributed by atoms with Gasteiger partial charge >= 0.3 is 0 Å². The zero-order valence-electron chi connectivity index (χ0n) is 24.2. The van der Waals surface area contributed by atoms with Crippen molar-refractivity contribution in [2.24, 2.45) is 22.9 Å². The summed E-state index contributed by atoms with van der Waals surface area (Å²) in [6.07, 6.45) is -0.187. The van der Waals surface area contributed by atoms with Gasteiger partial charge in [-0.3, -0.25) is 4.79 Å². The van der Waals surface area contributed by atoms with Crippen molar-refractivity contribution >= 4 is 5.91 Å². The van der Waals surface area contributed by atoms with Gasteiger partial charge in [-0.25, -0.2) is 4.39 Å². The third kappa shape index (κ3) is 11.1. The minimum atomic E-state index is -1.05. The molecule has 0 saturated heterocycles. The zero-order chi connectivity index (χ0) is 29.5. The maximum Gasteiger partial charge on any atom is 0.223 e. The van der Waals surface area contributed by atoms with E-state index in [-0.39, 0.29) is 37.3 Å². The molecular weight excluding hydrogens is 515 g/mol. The van der Waals surface area contributed by atoms with Crippen LogP contribution in [0, 0.1) is 23.6 Å². The van der Waals surface area contributed by atoms with Crippen molar-refractivity contribution < 1.29 is 28.5 Å². The minimum Gasteiger partial charge on any atom is -0.493 e. The molecule has 2 N–H and O–H groups in total. The number of amides is 1. The number of aliphatic hydroxyl groups excluding tert-OH is 1. The first-order valence-corrected chi connectivity index (χ1v) is 13.7. The molecule has 0 aromatic heterocycles. The van der Waals surface area contributed by atoms with E-state index in [0.29, 0.717) is 37.8 Å². The summed E-state index contributed by atoms with van der Waals surface area (Å²) in [5, 5.41) is 17.5. The Morgan fingerprint density at radius 1 is 1.12 bits per heavy atom. The van der Waals surface area contributed by atoms with Crippen LogP contribution in [-0.4, -0.2) is 56.6 Å². The highest BCUT2D eigenvalue weighted by atomic mass is 19.1. The topological polar surface area (TPSA) is 126 Å². The van der Waals surface area contributed by atoms with Crippen molar-refractivity contribution in [3.05, 3.63) is 64.3 Å². The highest BCUT2D eigenvalue weighted by Crippen LogP contribution is 2.32. The molecule has 2 rings (SSSR count). The molecule has 2 aromatic carbocycles. The van der Waals surface area contributed by atoms with Gasteiger partial charge in [-0.1, -0.05) is 57.1 Å². The average molecular weight is 559 g/mol. The number of nitrogens with zero attached hydrogens (tertiary/aromatic N) is 3. The van der Waals surface area contributed by atoms with Gasteiger partial charge in [0.15, 0.2) is 0 Å². The van der Waals surface area contributed by atoms with Gasteiger partial charge in [0.05, 0.1) is 32.0 Å². The third-order valence-electron chi connectivity index (χ3n) is 6.47. The van der Waals surface area contributed by atoms with Crippen LogP contribution in [0.4, 0.5) is 4.39 Å². The Labute approximate surface area is 236 Å². The molecule has 0 heterocycles. The summed E-state index contributed by atoms with van der Waals surface area (Å²) < 4.78 is 30.4. The van der Waals surface area contributed by atoms with E-state index in [4.69, 9.17) is 19.7 Å². The first-order chi connectivity index (χ1) is 19.2. The van der Waals surface area contributed by atoms with Crippen LogP contribution < -0.4 is 10.1 Å². The van der Waals surface area contributed by atoms with Crippen LogP contribution in [0.2, 0.25) is 0 Å². The van der Waals surface area contributed by atoms with Crippen LogP contribution in [0.15, 0.2) is 47.6 Å². The van der Waals surface area contributed by atoms with Gasteiger partial charge in [-0.15, -0.1) is 0 Å². The smallest absolute Gasteiger partial charge is 0.223 e. The summed E-state index contributed by atoms with van der Waals surface area (Å²) in [5.74, 6) is 0.0691. The summed E-state index contributed by atoms with van der Waals surface area (Å²) >= 11 is 0. The Morgan fingerprint density at radius 2 is 1.85 bits per heavy atom. The van der Waals surface area contributed by atoms with E-state index in [1.54, 1.807) is 19.2 Å². The highest BCUT2D eigenvalue weighted by molar-refractivity contribution is 5.78. The fourth-order valence-electron chi connectivity index (χ4n) is 4.15. The van der Waals surface area contributed by atoms with E-state index >= 15 is 0 Å². The molecule has 40 heavy (non-hydrogen) atoms. The fraction of sp³-hybridized carbons (Fsp3) is 0.567. The summed E-state index contributed by atoms with van der Waals surface area (Å²) in [4.78, 5) is 15.6. The summed E-state index contributed by atoms with van der Waals surface area (Å²) in [6.45, 7) is 9.61. The predicted molar refractivity (Wildman–Crippen MR) is 153 cm³/mol. The number of ether oxygens (including phenoxy) is 3. The van der Waals surface area contributed by atoms with Crippen molar-refractivity contribution in [2.75, 3.05) is 33.5 Å². The molecule has 0 radical (unpaired) electrons. The van der Waals surface area contributed by atoms with E-state index in [0.717, 1.165) is 16.7 Å². The molecule has 0 aliphatic heterocycles. The monoisotopic (exact) mass is 558 g/mol. The first-order valence-electron chi connectivity index (χ1n) is 13.7. The lowest BCUT2D eigenvalue weighted by atomic mass is 9.87. The number of hydrogen-bond donors (Lipinski definition) is 2. The summed E-state index contributed by atoms with van der Waals surface area (Å²) in [6, 6.07) is 11.0. The largest absolute Gasteiger partial charge is 0.493 e. The number of nitrogens with one attached hydrogen (secondary N) is 1. The number of carbonyl (C=O) groups is 1. The van der Waals surface area contributed by atoms with Crippen LogP contribution in [0.3, 0.4) is 0 Å². The molecule has 0 aliphatic carbocycles. The summed E-state index contributed by atoms with van der Waals surface area (Å²) in [7, 11) is 1.63. The lowest BCUT2D eigenvalue weighted by Crippen LogP contribution is -2.40. The Bertz CT molecular complexity index is 1090. The van der Waals surface area contributed by atoms with Crippen molar-refractivity contribution in [1.82, 2.24) is 5.32 Å². The number of halogens is 1. The molecule has 0 aliphatic rings. The fourth-order valence-corrected chi connectivity index (χ4v) is 4.15. The van der Waals surface area contributed by atoms with E-state index < -0.39 is 18.1 Å². The molecule has 2 aromatic rings. The quantitative estimate of drug-likeness (QED) is 0.102. The molecule has 0 spiro atoms. The van der Waals surface area contributed by atoms with Gasteiger partial charge in [-0.05, 0) is 53.1 Å². The maximum absolute atomic E-state index is 13.5. The van der Waals surface area contributed by atoms with Gasteiger partial charge in [0.1, 0.15) is 11.6 Å². The molecule has 0 bridgehead atoms. The Kier molecular flexibility index (Phi) is 14.5. The van der Waals surface area contributed by atoms with Gasteiger partial charge < -0.3 is 24.6 Å². The summed E-state index contributed by atoms with van der Waals surface area (Å²) in [5.41, 5.74) is 11.5. The molecule has 10 heteroatoms. The average Bonchev–Trinajstić information content (AvgIpc) is 2.92. The second kappa shape index (κ2) is 17.5. The maximum atomic E-state index is 13.5. The second-order valence-corrected chi connectivity index (χ2v) is 10.6. The van der Waals surface area contributed by atoms with Gasteiger partial charge in [0, 0.05) is 43.1 Å². The molecule has 9 nitrogen and oxygen atoms in total. The predicted octanol–water partition coefficient (Wildman–Crippen LogP) is 5.90. The molecule has 0 saturated carbocycles. The Balaban J connectivity index is 2.08. The number of azide groups is 1. The lowest BCUT2D eigenvalue weighted by Gasteiger charge is -2.26. The normalized spacial score (nSPS) is 13.5. The molecular formula is C30H43FN4O5. The second-order valence-electron chi connectivity index (χ2n) is 10.6. The van der Waals surface area contributed by atoms with E-state index in [1.807, 2.05) is 45.9 Å². The number of methoxy groups -OCH3 is 1. The number of aliphatic hydroxyl groups is 1. The molecule has 0 fully saturated rings. The first kappa shape index (κ1) is 33.0. The Hall–Kier alpha value is -3.17. The molecule has 0 unspecified atom stereocenters. The van der Waals surface area contributed by atoms with Crippen LogP contribution in [0.25, 0.3) is 21.6 Å². The van der Waals surface area contributed by atoms with Crippen LogP contribution in [0.1, 0.15) is 46.1 Å². The standard InChI is InChI=1S/C30H43FN4O5/c1-20(2)17-33-30(37)26(21(3)4)16-28(36)27(34-35-32)19-39-18-22-7-12-25(23-8-10-24(31)11-9-23)29(15-22)40-14-6-13-38-5/h7-12,15,20-21,26-28,36H,6,13-14,16-19H2,1-5H3,(H,33,37)/t26-,27-,28-/m0/s1. The van der Waals surface area contributed by atoms with Gasteiger partial charge in [0.25, 0.3) is 0 Å². The highest BCUT2D eigenvalue weighted by Gasteiger charge is 2.29. The van der Waals surface area contributed by atoms with E-state index in [1.165, 1.54) is 12.1 Å². The van der Waals surface area contributed by atoms with Crippen LogP contribution in [-0.2, 0) is 20.9 Å². The SMILES string of the molecule is COCCCOc1cc(COC[C@H](N=[N+]=[N-])[C@@H](O)C[C@H](C(=O)NCC(C)C)C(C)C)ccc1-c1ccc(F)cc1. The minimum absolute atomic E-state index is 0.00335. The lowest BCUT2D eigenvalue weighted by molar-refractivity contribution is -0.127. The van der Waals surface area contributed by atoms with Crippen molar-refractivity contribution in [1.29, 1.82) is 0 Å². The molecule has 3 atom stereocenters.